The maximum Gasteiger partial charge on any atom is 0.416 e. The molecule has 1 N–H and O–H groups in total. The number of nitrogens with zero attached hydrogens (tertiary/aromatic N) is 1. The lowest BCUT2D eigenvalue weighted by Crippen LogP contribution is -2.47. The zero-order chi connectivity index (χ0) is 22.6. The number of carbonyl (C=O) groups is 2. The number of hydrogen-bond donors (Lipinski definition) is 1. The van der Waals surface area contributed by atoms with Gasteiger partial charge in [-0.25, -0.2) is 0 Å². The topological polar surface area (TPSA) is 58.6 Å². The molecule has 0 radical (unpaired) electrons. The second kappa shape index (κ2) is 9.51. The van der Waals surface area contributed by atoms with E-state index >= 15 is 0 Å². The van der Waals surface area contributed by atoms with Crippen molar-refractivity contribution in [1.29, 1.82) is 0 Å². The van der Waals surface area contributed by atoms with Crippen LogP contribution < -0.4 is 10.1 Å². The Kier molecular flexibility index (Phi) is 7.00. The van der Waals surface area contributed by atoms with E-state index in [1.807, 2.05) is 4.90 Å². The number of methoxy groups -OCH3 is 1. The Morgan fingerprint density at radius 1 is 1.03 bits per heavy atom. The van der Waals surface area contributed by atoms with Crippen molar-refractivity contribution in [3.8, 4) is 5.75 Å². The Balaban J connectivity index is 1.52. The third-order valence-corrected chi connectivity index (χ3v) is 5.68. The third kappa shape index (κ3) is 5.64. The van der Waals surface area contributed by atoms with Crippen LogP contribution in [-0.2, 0) is 11.0 Å². The van der Waals surface area contributed by atoms with Crippen molar-refractivity contribution in [3.63, 3.8) is 0 Å². The van der Waals surface area contributed by atoms with Crippen molar-refractivity contribution in [1.82, 2.24) is 4.90 Å². The smallest absolute Gasteiger partial charge is 0.416 e. The maximum absolute atomic E-state index is 12.7. The highest BCUT2D eigenvalue weighted by Crippen LogP contribution is 2.30. The van der Waals surface area contributed by atoms with Crippen LogP contribution in [0.1, 0.15) is 35.7 Å². The monoisotopic (exact) mass is 434 g/mol. The van der Waals surface area contributed by atoms with Crippen LogP contribution in [0.25, 0.3) is 0 Å². The SMILES string of the molecule is COc1ccc(C(=O)C2CCN(C(C)C(=O)Nc3ccc(C(F)(F)F)cc3)CC2)cc1. The Morgan fingerprint density at radius 3 is 2.13 bits per heavy atom. The maximum atomic E-state index is 12.7. The molecule has 1 atom stereocenters. The van der Waals surface area contributed by atoms with Crippen LogP contribution in [0.5, 0.6) is 5.75 Å². The summed E-state index contributed by atoms with van der Waals surface area (Å²) in [6, 6.07) is 10.9. The number of carbonyl (C=O) groups excluding carboxylic acids is 2. The summed E-state index contributed by atoms with van der Waals surface area (Å²) in [5, 5.41) is 2.66. The average Bonchev–Trinajstić information content (AvgIpc) is 2.78. The Bertz CT molecular complexity index is 903. The van der Waals surface area contributed by atoms with E-state index < -0.39 is 17.8 Å². The highest BCUT2D eigenvalue weighted by molar-refractivity contribution is 5.98. The third-order valence-electron chi connectivity index (χ3n) is 5.68. The van der Waals surface area contributed by atoms with Crippen molar-refractivity contribution >= 4 is 17.4 Å². The van der Waals surface area contributed by atoms with Crippen LogP contribution in [0.3, 0.4) is 0 Å². The molecule has 0 aliphatic carbocycles. The molecule has 5 nitrogen and oxygen atoms in total. The summed E-state index contributed by atoms with van der Waals surface area (Å²) < 4.78 is 43.1. The number of ketones is 1. The molecule has 166 valence electrons. The van der Waals surface area contributed by atoms with Gasteiger partial charge >= 0.3 is 6.18 Å². The lowest BCUT2D eigenvalue weighted by atomic mass is 9.88. The molecule has 0 saturated carbocycles. The minimum absolute atomic E-state index is 0.0872. The zero-order valence-electron chi connectivity index (χ0n) is 17.4. The minimum atomic E-state index is -4.41. The standard InChI is InChI=1S/C23H25F3N2O3/c1-15(22(30)27-19-7-5-18(6-8-19)23(24,25)26)28-13-11-17(12-14-28)21(29)16-3-9-20(31-2)10-4-16/h3-10,15,17H,11-14H2,1-2H3,(H,27,30). The van der Waals surface area contributed by atoms with Gasteiger partial charge in [-0.1, -0.05) is 0 Å². The lowest BCUT2D eigenvalue weighted by Gasteiger charge is -2.34. The number of alkyl halides is 3. The number of benzene rings is 2. The van der Waals surface area contributed by atoms with Crippen LogP contribution in [0, 0.1) is 5.92 Å². The van der Waals surface area contributed by atoms with E-state index in [0.29, 0.717) is 42.9 Å². The summed E-state index contributed by atoms with van der Waals surface area (Å²) >= 11 is 0. The van der Waals surface area contributed by atoms with Crippen LogP contribution in [0.2, 0.25) is 0 Å². The number of Topliss-reactive ketones (excluding diaryl/α,β-unsaturated/α-hetero) is 1. The van der Waals surface area contributed by atoms with Gasteiger partial charge in [0.25, 0.3) is 0 Å². The molecule has 1 heterocycles. The van der Waals surface area contributed by atoms with Crippen LogP contribution in [0.15, 0.2) is 48.5 Å². The predicted octanol–water partition coefficient (Wildman–Crippen LogP) is 4.64. The summed E-state index contributed by atoms with van der Waals surface area (Å²) in [7, 11) is 1.57. The number of nitrogens with one attached hydrogen (secondary N) is 1. The number of ether oxygens (including phenoxy) is 1. The van der Waals surface area contributed by atoms with Crippen LogP contribution in [-0.4, -0.2) is 42.8 Å². The van der Waals surface area contributed by atoms with E-state index in [9.17, 15) is 22.8 Å². The first-order chi connectivity index (χ1) is 14.7. The van der Waals surface area contributed by atoms with Crippen molar-refractivity contribution in [3.05, 3.63) is 59.7 Å². The summed E-state index contributed by atoms with van der Waals surface area (Å²) in [6.07, 6.45) is -3.13. The number of hydrogen-bond acceptors (Lipinski definition) is 4. The highest BCUT2D eigenvalue weighted by Gasteiger charge is 2.31. The summed E-state index contributed by atoms with van der Waals surface area (Å²) in [6.45, 7) is 2.94. The van der Waals surface area contributed by atoms with E-state index in [1.165, 1.54) is 12.1 Å². The molecule has 1 aliphatic rings. The van der Waals surface area contributed by atoms with Crippen molar-refractivity contribution in [2.75, 3.05) is 25.5 Å². The Hall–Kier alpha value is -2.87. The second-order valence-corrected chi connectivity index (χ2v) is 7.64. The van der Waals surface area contributed by atoms with Crippen molar-refractivity contribution in [2.45, 2.75) is 32.0 Å². The van der Waals surface area contributed by atoms with Gasteiger partial charge in [-0.15, -0.1) is 0 Å². The number of likely N-dealkylation sites (tertiary alicyclic amines) is 1. The van der Waals surface area contributed by atoms with Gasteiger partial charge in [-0.05, 0) is 81.4 Å². The normalized spacial score (nSPS) is 16.5. The molecule has 1 fully saturated rings. The molecule has 8 heteroatoms. The fourth-order valence-electron chi connectivity index (χ4n) is 3.70. The first kappa shape index (κ1) is 22.8. The number of anilines is 1. The zero-order valence-corrected chi connectivity index (χ0v) is 17.4. The Labute approximate surface area is 179 Å². The molecule has 1 aliphatic heterocycles. The molecular weight excluding hydrogens is 409 g/mol. The first-order valence-electron chi connectivity index (χ1n) is 10.1. The van der Waals surface area contributed by atoms with Crippen molar-refractivity contribution < 1.29 is 27.5 Å². The minimum Gasteiger partial charge on any atom is -0.497 e. The van der Waals surface area contributed by atoms with Gasteiger partial charge in [0.1, 0.15) is 5.75 Å². The van der Waals surface area contributed by atoms with E-state index in [-0.39, 0.29) is 17.6 Å². The second-order valence-electron chi connectivity index (χ2n) is 7.64. The van der Waals surface area contributed by atoms with Gasteiger partial charge < -0.3 is 10.1 Å². The van der Waals surface area contributed by atoms with Crippen LogP contribution >= 0.6 is 0 Å². The van der Waals surface area contributed by atoms with E-state index in [4.69, 9.17) is 4.74 Å². The molecule has 0 aromatic heterocycles. The first-order valence-corrected chi connectivity index (χ1v) is 10.1. The van der Waals surface area contributed by atoms with Crippen LogP contribution in [0.4, 0.5) is 18.9 Å². The van der Waals surface area contributed by atoms with Gasteiger partial charge in [0.15, 0.2) is 5.78 Å². The number of halogens is 3. The van der Waals surface area contributed by atoms with E-state index in [1.54, 1.807) is 38.3 Å². The van der Waals surface area contributed by atoms with E-state index in [0.717, 1.165) is 12.1 Å². The van der Waals surface area contributed by atoms with Gasteiger partial charge in [-0.2, -0.15) is 13.2 Å². The molecule has 2 aromatic carbocycles. The number of piperidine rings is 1. The number of rotatable bonds is 6. The fraction of sp³-hybridized carbons (Fsp3) is 0.391. The molecule has 1 saturated heterocycles. The lowest BCUT2D eigenvalue weighted by molar-refractivity contribution is -0.137. The van der Waals surface area contributed by atoms with Gasteiger partial charge in [0, 0.05) is 17.2 Å². The molecule has 0 spiro atoms. The molecule has 1 amide bonds. The Morgan fingerprint density at radius 2 is 1.61 bits per heavy atom. The summed E-state index contributed by atoms with van der Waals surface area (Å²) in [5.41, 5.74) is 0.198. The predicted molar refractivity (Wildman–Crippen MR) is 111 cm³/mol. The molecule has 3 rings (SSSR count). The number of amides is 1. The fourth-order valence-corrected chi connectivity index (χ4v) is 3.70. The molecule has 2 aromatic rings. The summed E-state index contributed by atoms with van der Waals surface area (Å²) in [4.78, 5) is 27.3. The highest BCUT2D eigenvalue weighted by atomic mass is 19.4. The summed E-state index contributed by atoms with van der Waals surface area (Å²) in [5.74, 6) is 0.387. The molecule has 31 heavy (non-hydrogen) atoms. The average molecular weight is 434 g/mol. The molecular formula is C23H25F3N2O3. The largest absolute Gasteiger partial charge is 0.497 e. The molecule has 0 bridgehead atoms. The van der Waals surface area contributed by atoms with Gasteiger partial charge in [0.2, 0.25) is 5.91 Å². The van der Waals surface area contributed by atoms with Gasteiger partial charge in [-0.3, -0.25) is 14.5 Å². The quantitative estimate of drug-likeness (QED) is 0.674. The van der Waals surface area contributed by atoms with Crippen molar-refractivity contribution in [2.24, 2.45) is 5.92 Å². The van der Waals surface area contributed by atoms with Gasteiger partial charge in [0.05, 0.1) is 18.7 Å². The molecule has 1 unspecified atom stereocenters. The van der Waals surface area contributed by atoms with E-state index in [2.05, 4.69) is 5.32 Å².